The second-order valence-electron chi connectivity index (χ2n) is 12.7. The van der Waals surface area contributed by atoms with Gasteiger partial charge in [0.1, 0.15) is 17.4 Å². The minimum atomic E-state index is -0.657. The minimum Gasteiger partial charge on any atom is -0.507 e. The summed E-state index contributed by atoms with van der Waals surface area (Å²) in [6.07, 6.45) is 10.2. The lowest BCUT2D eigenvalue weighted by Gasteiger charge is -2.61. The molecule has 1 N–H and O–H groups in total. The lowest BCUT2D eigenvalue weighted by molar-refractivity contribution is -0.184. The Kier molecular flexibility index (Phi) is 5.73. The minimum absolute atomic E-state index is 0.0471. The first-order valence-electron chi connectivity index (χ1n) is 13.6. The second-order valence-corrected chi connectivity index (χ2v) is 12.7. The van der Waals surface area contributed by atoms with E-state index in [1.165, 1.54) is 6.42 Å². The summed E-state index contributed by atoms with van der Waals surface area (Å²) in [6.45, 7) is 10.9. The monoisotopic (exact) mass is 480 g/mol. The van der Waals surface area contributed by atoms with Crippen LogP contribution in [0.3, 0.4) is 0 Å². The van der Waals surface area contributed by atoms with Crippen LogP contribution in [0.5, 0.6) is 0 Å². The van der Waals surface area contributed by atoms with E-state index in [9.17, 15) is 19.5 Å². The van der Waals surface area contributed by atoms with E-state index in [0.717, 1.165) is 44.1 Å². The molecule has 0 heterocycles. The third kappa shape index (κ3) is 3.36. The Labute approximate surface area is 209 Å². The van der Waals surface area contributed by atoms with Crippen LogP contribution in [0.1, 0.15) is 98.8 Å². The van der Waals surface area contributed by atoms with Gasteiger partial charge >= 0.3 is 5.97 Å². The molecule has 0 bridgehead atoms. The zero-order chi connectivity index (χ0) is 25.3. The SMILES string of the molecule is CCCCCC1=C(C(=O)OC2CC3CC34C(C)(C)CC24C)C(O)=C(C2C=C(C)CCC2)C(=O)C1=O. The fraction of sp³-hybridized carbons (Fsp3) is 0.700. The van der Waals surface area contributed by atoms with Crippen molar-refractivity contribution in [2.45, 2.75) is 105 Å². The number of esters is 1. The van der Waals surface area contributed by atoms with E-state index in [2.05, 4.69) is 27.7 Å². The number of rotatable bonds is 7. The van der Waals surface area contributed by atoms with Gasteiger partial charge in [0.25, 0.3) is 0 Å². The standard InChI is InChI=1S/C30H40O5/c1-6-7-8-12-20-23(25(32)22(26(33)24(20)31)18-11-9-10-17(2)13-18)27(34)35-21-14-19-15-30(19)28(3,4)16-29(21,30)5/h13,18-19,21,32H,6-12,14-16H2,1-5H3. The molecule has 3 saturated carbocycles. The number of unbranched alkanes of at least 4 members (excludes halogenated alkanes) is 2. The summed E-state index contributed by atoms with van der Waals surface area (Å²) in [5, 5.41) is 11.4. The molecule has 0 aliphatic heterocycles. The fourth-order valence-electron chi connectivity index (χ4n) is 8.78. The molecular formula is C30H40O5. The van der Waals surface area contributed by atoms with Gasteiger partial charge in [-0.05, 0) is 75.0 Å². The van der Waals surface area contributed by atoms with Crippen LogP contribution in [0, 0.1) is 28.1 Å². The maximum absolute atomic E-state index is 13.7. The highest BCUT2D eigenvalue weighted by molar-refractivity contribution is 6.51. The number of hydrogen-bond acceptors (Lipinski definition) is 5. The average molecular weight is 481 g/mol. The van der Waals surface area contributed by atoms with Crippen LogP contribution in [0.25, 0.3) is 0 Å². The van der Waals surface area contributed by atoms with Crippen molar-refractivity contribution in [2.24, 2.45) is 28.1 Å². The maximum atomic E-state index is 13.7. The molecule has 5 nitrogen and oxygen atoms in total. The largest absolute Gasteiger partial charge is 0.507 e. The number of allylic oxidation sites excluding steroid dienone is 4. The maximum Gasteiger partial charge on any atom is 0.342 e. The lowest BCUT2D eigenvalue weighted by Crippen LogP contribution is -2.57. The molecule has 0 radical (unpaired) electrons. The van der Waals surface area contributed by atoms with Gasteiger partial charge in [-0.25, -0.2) is 4.79 Å². The Morgan fingerprint density at radius 3 is 2.54 bits per heavy atom. The molecule has 5 atom stereocenters. The van der Waals surface area contributed by atoms with Crippen LogP contribution >= 0.6 is 0 Å². The van der Waals surface area contributed by atoms with Crippen LogP contribution in [0.15, 0.2) is 34.1 Å². The number of aliphatic hydroxyl groups is 1. The Morgan fingerprint density at radius 2 is 1.91 bits per heavy atom. The second kappa shape index (κ2) is 8.18. The molecule has 35 heavy (non-hydrogen) atoms. The first kappa shape index (κ1) is 24.5. The lowest BCUT2D eigenvalue weighted by atomic mass is 9.44. The van der Waals surface area contributed by atoms with E-state index in [0.29, 0.717) is 25.2 Å². The van der Waals surface area contributed by atoms with E-state index in [4.69, 9.17) is 4.74 Å². The quantitative estimate of drug-likeness (QED) is 0.151. The highest BCUT2D eigenvalue weighted by Gasteiger charge is 2.84. The van der Waals surface area contributed by atoms with E-state index >= 15 is 0 Å². The summed E-state index contributed by atoms with van der Waals surface area (Å²) in [6, 6.07) is 0. The zero-order valence-corrected chi connectivity index (χ0v) is 22.0. The highest BCUT2D eigenvalue weighted by atomic mass is 16.5. The van der Waals surface area contributed by atoms with E-state index in [1.807, 2.05) is 13.0 Å². The molecule has 5 aliphatic carbocycles. The summed E-state index contributed by atoms with van der Waals surface area (Å²) in [7, 11) is 0. The van der Waals surface area contributed by atoms with Gasteiger partial charge in [0.05, 0.1) is 5.57 Å². The molecule has 0 amide bonds. The average Bonchev–Trinajstić information content (AvgIpc) is 3.51. The van der Waals surface area contributed by atoms with Crippen LogP contribution in [0.2, 0.25) is 0 Å². The molecule has 5 unspecified atom stereocenters. The van der Waals surface area contributed by atoms with Gasteiger partial charge in [0, 0.05) is 16.9 Å². The molecule has 190 valence electrons. The zero-order valence-electron chi connectivity index (χ0n) is 22.0. The number of carbonyl (C=O) groups excluding carboxylic acids is 3. The van der Waals surface area contributed by atoms with Crippen molar-refractivity contribution in [2.75, 3.05) is 0 Å². The molecule has 0 aromatic carbocycles. The number of aliphatic hydroxyl groups excluding tert-OH is 1. The topological polar surface area (TPSA) is 80.7 Å². The van der Waals surface area contributed by atoms with Crippen LogP contribution < -0.4 is 0 Å². The molecule has 0 saturated heterocycles. The predicted molar refractivity (Wildman–Crippen MR) is 133 cm³/mol. The third-order valence-corrected chi connectivity index (χ3v) is 10.3. The normalized spacial score (nSPS) is 37.5. The van der Waals surface area contributed by atoms with Gasteiger partial charge in [0.15, 0.2) is 0 Å². The van der Waals surface area contributed by atoms with E-state index < -0.39 is 17.5 Å². The fourth-order valence-corrected chi connectivity index (χ4v) is 8.78. The van der Waals surface area contributed by atoms with Gasteiger partial charge in [-0.1, -0.05) is 52.2 Å². The van der Waals surface area contributed by atoms with Crippen LogP contribution in [0.4, 0.5) is 0 Å². The Balaban J connectivity index is 1.49. The summed E-state index contributed by atoms with van der Waals surface area (Å²) in [5.74, 6) is -2.01. The number of carbonyl (C=O) groups is 3. The molecule has 1 spiro atoms. The van der Waals surface area contributed by atoms with Crippen LogP contribution in [-0.2, 0) is 19.1 Å². The third-order valence-electron chi connectivity index (χ3n) is 10.3. The van der Waals surface area contributed by atoms with Crippen LogP contribution in [-0.4, -0.2) is 28.7 Å². The van der Waals surface area contributed by atoms with Crippen molar-refractivity contribution >= 4 is 17.5 Å². The molecule has 0 aromatic heterocycles. The molecule has 5 rings (SSSR count). The molecule has 3 fully saturated rings. The van der Waals surface area contributed by atoms with Gasteiger partial charge in [-0.3, -0.25) is 9.59 Å². The number of hydrogen-bond donors (Lipinski definition) is 1. The highest BCUT2D eigenvalue weighted by Crippen LogP contribution is 2.88. The van der Waals surface area contributed by atoms with Crippen molar-refractivity contribution in [3.63, 3.8) is 0 Å². The van der Waals surface area contributed by atoms with Gasteiger partial charge in [0.2, 0.25) is 11.6 Å². The van der Waals surface area contributed by atoms with Crippen molar-refractivity contribution < 1.29 is 24.2 Å². The smallest absolute Gasteiger partial charge is 0.342 e. The number of ether oxygens (including phenoxy) is 1. The predicted octanol–water partition coefficient (Wildman–Crippen LogP) is 6.33. The summed E-state index contributed by atoms with van der Waals surface area (Å²) in [4.78, 5) is 40.2. The Morgan fingerprint density at radius 1 is 1.17 bits per heavy atom. The first-order chi connectivity index (χ1) is 16.5. The van der Waals surface area contributed by atoms with Crippen molar-refractivity contribution in [1.82, 2.24) is 0 Å². The molecule has 0 aromatic rings. The summed E-state index contributed by atoms with van der Waals surface area (Å²) in [5.41, 5.74) is 1.76. The van der Waals surface area contributed by atoms with Gasteiger partial charge in [-0.15, -0.1) is 0 Å². The van der Waals surface area contributed by atoms with Crippen molar-refractivity contribution in [3.8, 4) is 0 Å². The van der Waals surface area contributed by atoms with Crippen molar-refractivity contribution in [3.05, 3.63) is 34.1 Å². The Bertz CT molecular complexity index is 1090. The molecule has 5 heteroatoms. The number of Topliss-reactive ketones (excluding diaryl/α,β-unsaturated/α-hetero) is 2. The van der Waals surface area contributed by atoms with E-state index in [1.54, 1.807) is 0 Å². The van der Waals surface area contributed by atoms with Gasteiger partial charge in [-0.2, -0.15) is 0 Å². The summed E-state index contributed by atoms with van der Waals surface area (Å²) >= 11 is 0. The molecule has 5 aliphatic rings. The van der Waals surface area contributed by atoms with Gasteiger partial charge < -0.3 is 9.84 Å². The Hall–Kier alpha value is -2.17. The molecular weight excluding hydrogens is 440 g/mol. The van der Waals surface area contributed by atoms with E-state index in [-0.39, 0.29) is 50.7 Å². The van der Waals surface area contributed by atoms with Crippen molar-refractivity contribution in [1.29, 1.82) is 0 Å². The summed E-state index contributed by atoms with van der Waals surface area (Å²) < 4.78 is 6.15. The first-order valence-corrected chi connectivity index (χ1v) is 13.6. The number of ketones is 2.